The highest BCUT2D eigenvalue weighted by Gasteiger charge is 2.23. The van der Waals surface area contributed by atoms with Gasteiger partial charge in [0, 0.05) is 18.7 Å². The van der Waals surface area contributed by atoms with Crippen LogP contribution in [0.2, 0.25) is 0 Å². The number of hydrogen-bond acceptors (Lipinski definition) is 3. The second-order valence-electron chi connectivity index (χ2n) is 3.91. The van der Waals surface area contributed by atoms with Gasteiger partial charge in [0.25, 0.3) is 5.91 Å². The number of hydrogen-bond donors (Lipinski definition) is 1. The lowest BCUT2D eigenvalue weighted by Crippen LogP contribution is -2.44. The Balaban J connectivity index is 0.00000289. The van der Waals surface area contributed by atoms with E-state index in [1.54, 1.807) is 44.2 Å². The minimum absolute atomic E-state index is 0. The first-order valence-corrected chi connectivity index (χ1v) is 6.64. The largest absolute Gasteiger partial charge is 0.304 e. The average molecular weight is 276 g/mol. The van der Waals surface area contributed by atoms with Crippen LogP contribution in [0.4, 0.5) is 4.70 Å². The van der Waals surface area contributed by atoms with E-state index in [1.807, 2.05) is 4.72 Å². The van der Waals surface area contributed by atoms with E-state index < -0.39 is 16.1 Å². The highest BCUT2D eigenvalue weighted by Crippen LogP contribution is 2.03. The fourth-order valence-electron chi connectivity index (χ4n) is 1.12. The molecule has 0 aliphatic heterocycles. The lowest BCUT2D eigenvalue weighted by atomic mass is 10.2. The highest BCUT2D eigenvalue weighted by molar-refractivity contribution is 7.87. The Bertz CT molecular complexity index is 488. The molecule has 1 aromatic carbocycles. The van der Waals surface area contributed by atoms with Crippen LogP contribution in [0.25, 0.3) is 0 Å². The van der Waals surface area contributed by atoms with Crippen molar-refractivity contribution in [3.8, 4) is 0 Å². The molecule has 0 heterocycles. The first-order valence-electron chi connectivity index (χ1n) is 5.19. The molecule has 0 bridgehead atoms. The number of nitrogens with zero attached hydrogens (tertiary/aromatic N) is 1. The third-order valence-corrected chi connectivity index (χ3v) is 3.99. The lowest BCUT2D eigenvalue weighted by molar-refractivity contribution is 0.0979. The molecule has 0 saturated heterocycles. The van der Waals surface area contributed by atoms with E-state index in [2.05, 4.69) is 0 Å². The zero-order valence-electron chi connectivity index (χ0n) is 10.5. The van der Waals surface area contributed by atoms with Gasteiger partial charge in [0.05, 0.1) is 0 Å². The smallest absolute Gasteiger partial charge is 0.269 e. The Kier molecular flexibility index (Phi) is 5.93. The Morgan fingerprint density at radius 1 is 1.22 bits per heavy atom. The molecule has 0 aromatic heterocycles. The summed E-state index contributed by atoms with van der Waals surface area (Å²) in [5.41, 5.74) is 0.313. The molecule has 0 unspecified atom stereocenters. The maximum absolute atomic E-state index is 11.7. The van der Waals surface area contributed by atoms with Crippen molar-refractivity contribution in [2.75, 3.05) is 7.05 Å². The van der Waals surface area contributed by atoms with E-state index in [-0.39, 0.29) is 10.7 Å². The van der Waals surface area contributed by atoms with Crippen LogP contribution in [0, 0.1) is 0 Å². The van der Waals surface area contributed by atoms with Crippen molar-refractivity contribution in [3.05, 3.63) is 35.9 Å². The van der Waals surface area contributed by atoms with Crippen LogP contribution in [0.15, 0.2) is 30.3 Å². The lowest BCUT2D eigenvalue weighted by Gasteiger charge is -2.20. The van der Waals surface area contributed by atoms with E-state index in [9.17, 15) is 13.2 Å². The molecular formula is C11H17FN2O3S. The predicted octanol–water partition coefficient (Wildman–Crippen LogP) is 1.15. The summed E-state index contributed by atoms with van der Waals surface area (Å²) in [6.45, 7) is 3.46. The Labute approximate surface area is 106 Å². The van der Waals surface area contributed by atoms with Gasteiger partial charge < -0.3 is 0 Å². The summed E-state index contributed by atoms with van der Waals surface area (Å²) >= 11 is 0. The van der Waals surface area contributed by atoms with Crippen LogP contribution in [-0.4, -0.2) is 31.7 Å². The molecule has 5 nitrogen and oxygen atoms in total. The summed E-state index contributed by atoms with van der Waals surface area (Å²) in [7, 11) is -2.35. The van der Waals surface area contributed by atoms with E-state index >= 15 is 0 Å². The number of benzene rings is 1. The van der Waals surface area contributed by atoms with Crippen molar-refractivity contribution in [3.63, 3.8) is 0 Å². The molecule has 0 saturated carbocycles. The molecule has 0 aliphatic rings. The van der Waals surface area contributed by atoms with Gasteiger partial charge in [-0.15, -0.1) is 0 Å². The first kappa shape index (κ1) is 16.5. The number of carbonyl (C=O) groups is 1. The van der Waals surface area contributed by atoms with Crippen molar-refractivity contribution in [2.24, 2.45) is 0 Å². The summed E-state index contributed by atoms with van der Waals surface area (Å²) in [5.74, 6) is -0.627. The Hall–Kier alpha value is -1.47. The van der Waals surface area contributed by atoms with Gasteiger partial charge in [0.2, 0.25) is 0 Å². The molecule has 0 radical (unpaired) electrons. The highest BCUT2D eigenvalue weighted by atomic mass is 32.2. The second kappa shape index (κ2) is 6.46. The molecule has 0 spiro atoms. The second-order valence-corrected chi connectivity index (χ2v) is 5.64. The molecule has 1 N–H and O–H groups in total. The van der Waals surface area contributed by atoms with Gasteiger partial charge in [-0.3, -0.25) is 9.50 Å². The molecule has 0 fully saturated rings. The Morgan fingerprint density at radius 3 is 2.17 bits per heavy atom. The maximum Gasteiger partial charge on any atom is 0.304 e. The van der Waals surface area contributed by atoms with Crippen molar-refractivity contribution in [1.82, 2.24) is 9.03 Å². The van der Waals surface area contributed by atoms with Crippen LogP contribution in [0.1, 0.15) is 24.2 Å². The van der Waals surface area contributed by atoms with Crippen molar-refractivity contribution in [2.45, 2.75) is 19.9 Å². The standard InChI is InChI=1S/C11H16N2O3S.FH/c1-9(2)13(3)17(15,16)12-11(14)10-7-5-4-6-8-10;/h4-9H,1-3H3,(H,12,14);1H. The van der Waals surface area contributed by atoms with Crippen molar-refractivity contribution in [1.29, 1.82) is 0 Å². The number of carbonyl (C=O) groups excluding carboxylic acids is 1. The summed E-state index contributed by atoms with van der Waals surface area (Å²) in [6, 6.07) is 8.00. The molecule has 1 rings (SSSR count). The summed E-state index contributed by atoms with van der Waals surface area (Å²) in [5, 5.41) is 0. The minimum Gasteiger partial charge on any atom is -0.269 e. The topological polar surface area (TPSA) is 66.5 Å². The summed E-state index contributed by atoms with van der Waals surface area (Å²) in [4.78, 5) is 11.7. The van der Waals surface area contributed by atoms with Gasteiger partial charge in [0.1, 0.15) is 0 Å². The van der Waals surface area contributed by atoms with Gasteiger partial charge in [0.15, 0.2) is 0 Å². The molecule has 7 heteroatoms. The number of halogens is 1. The van der Waals surface area contributed by atoms with Crippen LogP contribution in [0.3, 0.4) is 0 Å². The molecule has 1 amide bonds. The maximum atomic E-state index is 11.7. The van der Waals surface area contributed by atoms with Gasteiger partial charge in [-0.2, -0.15) is 12.7 Å². The average Bonchev–Trinajstić information content (AvgIpc) is 2.28. The predicted molar refractivity (Wildman–Crippen MR) is 68.2 cm³/mol. The quantitative estimate of drug-likeness (QED) is 0.897. The van der Waals surface area contributed by atoms with Crippen LogP contribution >= 0.6 is 0 Å². The monoisotopic (exact) mass is 276 g/mol. The van der Waals surface area contributed by atoms with Crippen LogP contribution in [-0.2, 0) is 10.2 Å². The minimum atomic E-state index is -3.77. The fraction of sp³-hybridized carbons (Fsp3) is 0.364. The van der Waals surface area contributed by atoms with Crippen molar-refractivity contribution >= 4 is 16.1 Å². The Morgan fingerprint density at radius 2 is 1.72 bits per heavy atom. The molecular weight excluding hydrogens is 259 g/mol. The van der Waals surface area contributed by atoms with Crippen molar-refractivity contribution < 1.29 is 17.9 Å². The fourth-order valence-corrected chi connectivity index (χ4v) is 2.17. The molecule has 0 aliphatic carbocycles. The normalized spacial score (nSPS) is 11.2. The van der Waals surface area contributed by atoms with E-state index in [0.29, 0.717) is 5.56 Å². The third kappa shape index (κ3) is 4.08. The molecule has 0 atom stereocenters. The summed E-state index contributed by atoms with van der Waals surface area (Å²) < 4.78 is 26.6. The SMILES string of the molecule is CC(C)N(C)S(=O)(=O)NC(=O)c1ccccc1.F. The zero-order chi connectivity index (χ0) is 13.1. The van der Waals surface area contributed by atoms with E-state index in [0.717, 1.165) is 4.31 Å². The molecule has 1 aromatic rings. The van der Waals surface area contributed by atoms with Gasteiger partial charge in [-0.1, -0.05) is 18.2 Å². The van der Waals surface area contributed by atoms with Gasteiger partial charge in [-0.25, -0.2) is 4.72 Å². The first-order chi connectivity index (χ1) is 7.84. The van der Waals surface area contributed by atoms with Crippen LogP contribution < -0.4 is 4.72 Å². The van der Waals surface area contributed by atoms with Crippen LogP contribution in [0.5, 0.6) is 0 Å². The van der Waals surface area contributed by atoms with E-state index in [4.69, 9.17) is 0 Å². The molecule has 18 heavy (non-hydrogen) atoms. The molecule has 102 valence electrons. The van der Waals surface area contributed by atoms with Gasteiger partial charge >= 0.3 is 10.2 Å². The van der Waals surface area contributed by atoms with E-state index in [1.165, 1.54) is 7.05 Å². The number of rotatable bonds is 4. The summed E-state index contributed by atoms with van der Waals surface area (Å²) in [6.07, 6.45) is 0. The number of amides is 1. The van der Waals surface area contributed by atoms with Gasteiger partial charge in [-0.05, 0) is 26.0 Å². The third-order valence-electron chi connectivity index (χ3n) is 2.36. The number of nitrogens with one attached hydrogen (secondary N) is 1. The zero-order valence-corrected chi connectivity index (χ0v) is 11.3.